The van der Waals surface area contributed by atoms with E-state index in [2.05, 4.69) is 81.3 Å². The van der Waals surface area contributed by atoms with Crippen LogP contribution in [-0.4, -0.2) is 29.6 Å². The predicted octanol–water partition coefficient (Wildman–Crippen LogP) is -0.607. The summed E-state index contributed by atoms with van der Waals surface area (Å²) in [7, 11) is -2.90. The molecule has 3 aromatic rings. The minimum Gasteiger partial charge on any atom is -1.00 e. The number of rotatable bonds is 6. The fourth-order valence-corrected chi connectivity index (χ4v) is 9.22. The normalized spacial score (nSPS) is 15.8. The average molecular weight is 580 g/mol. The van der Waals surface area contributed by atoms with Crippen LogP contribution in [0.5, 0.6) is 0 Å². The van der Waals surface area contributed by atoms with E-state index in [9.17, 15) is 0 Å². The molecule has 32 heavy (non-hydrogen) atoms. The van der Waals surface area contributed by atoms with Gasteiger partial charge in [0.2, 0.25) is 0 Å². The largest absolute Gasteiger partial charge is 3.00 e. The van der Waals surface area contributed by atoms with Crippen molar-refractivity contribution in [3.63, 3.8) is 0 Å². The molecule has 1 aliphatic heterocycles. The average Bonchev–Trinajstić information content (AvgIpc) is 3.03. The maximum Gasteiger partial charge on any atom is 3.00 e. The Labute approximate surface area is 224 Å². The van der Waals surface area contributed by atoms with Crippen LogP contribution in [0.15, 0.2) is 54.3 Å². The van der Waals surface area contributed by atoms with E-state index in [-0.39, 0.29) is 51.0 Å². The summed E-state index contributed by atoms with van der Waals surface area (Å²) < 4.78 is 11.9. The van der Waals surface area contributed by atoms with E-state index in [0.717, 1.165) is 12.2 Å². The number of ether oxygens (including phenoxy) is 1. The zero-order chi connectivity index (χ0) is 20.4. The van der Waals surface area contributed by atoms with Crippen molar-refractivity contribution in [2.24, 2.45) is 0 Å². The first-order valence-corrected chi connectivity index (χ1v) is 17.0. The smallest absolute Gasteiger partial charge is 1.00 e. The van der Waals surface area contributed by atoms with Gasteiger partial charge in [-0.1, -0.05) is 42.5 Å². The van der Waals surface area contributed by atoms with Gasteiger partial charge in [0.1, 0.15) is 12.4 Å². The Hall–Kier alpha value is -0.553. The molecule has 3 aromatic carbocycles. The third kappa shape index (κ3) is 4.94. The monoisotopic (exact) mass is 577 g/mol. The second kappa shape index (κ2) is 9.97. The third-order valence-corrected chi connectivity index (χ3v) is 10.5. The first-order chi connectivity index (χ1) is 13.8. The summed E-state index contributed by atoms with van der Waals surface area (Å²) in [5.74, 6) is 1.00. The van der Waals surface area contributed by atoms with Gasteiger partial charge in [0.05, 0.1) is 14.7 Å². The zero-order valence-corrected chi connectivity index (χ0v) is 25.3. The number of halogens is 2. The Morgan fingerprint density at radius 2 is 1.72 bits per heavy atom. The van der Waals surface area contributed by atoms with Crippen LogP contribution in [0.3, 0.4) is 0 Å². The molecule has 167 valence electrons. The molecular weight excluding hydrogens is 551 g/mol. The Balaban J connectivity index is 0.00000121. The van der Waals surface area contributed by atoms with E-state index in [1.54, 1.807) is 10.4 Å². The first kappa shape index (κ1) is 27.7. The topological polar surface area (TPSA) is 18.5 Å². The number of hydrogen-bond donors (Lipinski definition) is 0. The molecule has 2 nitrogen and oxygen atoms in total. The second-order valence-corrected chi connectivity index (χ2v) is 18.5. The van der Waals surface area contributed by atoms with Crippen molar-refractivity contribution in [2.45, 2.75) is 39.2 Å². The number of fused-ring (bicyclic) bond motifs is 5. The quantitative estimate of drug-likeness (QED) is 0.221. The van der Waals surface area contributed by atoms with Crippen LogP contribution in [0.25, 0.3) is 27.1 Å². The van der Waals surface area contributed by atoms with Crippen molar-refractivity contribution < 1.29 is 60.2 Å². The molecule has 1 radical (unpaired) electrons. The molecule has 0 spiro atoms. The maximum absolute atomic E-state index is 5.99. The van der Waals surface area contributed by atoms with Crippen LogP contribution >= 0.6 is 0 Å². The molecule has 0 N–H and O–H groups in total. The summed E-state index contributed by atoms with van der Waals surface area (Å²) in [5.41, 5.74) is 2.88. The molecule has 0 aromatic heterocycles. The number of allylic oxidation sites excluding steroid dienone is 3. The van der Waals surface area contributed by atoms with E-state index in [1.165, 1.54) is 32.7 Å². The molecule has 0 amide bonds. The van der Waals surface area contributed by atoms with Crippen molar-refractivity contribution in [1.29, 1.82) is 0 Å². The van der Waals surface area contributed by atoms with Crippen LogP contribution in [0.2, 0.25) is 32.7 Å². The summed E-state index contributed by atoms with van der Waals surface area (Å²) in [6, 6.07) is 13.7. The van der Waals surface area contributed by atoms with E-state index >= 15 is 0 Å². The van der Waals surface area contributed by atoms with E-state index < -0.39 is 16.4 Å². The molecule has 0 saturated heterocycles. The van der Waals surface area contributed by atoms with Gasteiger partial charge >= 0.3 is 26.2 Å². The summed E-state index contributed by atoms with van der Waals surface area (Å²) in [6.45, 7) is 12.9. The summed E-state index contributed by atoms with van der Waals surface area (Å²) >= 11 is 0. The molecule has 2 aliphatic rings. The molecule has 5 rings (SSSR count). The van der Waals surface area contributed by atoms with E-state index in [0.29, 0.717) is 13.2 Å². The molecule has 1 aliphatic carbocycles. The molecule has 1 heterocycles. The maximum atomic E-state index is 5.99. The van der Waals surface area contributed by atoms with Crippen molar-refractivity contribution in [3.8, 4) is 0 Å². The van der Waals surface area contributed by atoms with Crippen molar-refractivity contribution >= 4 is 53.9 Å². The Kier molecular flexibility index (Phi) is 8.63. The van der Waals surface area contributed by atoms with Crippen LogP contribution < -0.4 is 35.2 Å². The molecule has 0 bridgehead atoms. The Morgan fingerprint density at radius 1 is 1.00 bits per heavy atom. The van der Waals surface area contributed by atoms with Gasteiger partial charge in [-0.05, 0) is 49.4 Å². The van der Waals surface area contributed by atoms with E-state index in [1.807, 2.05) is 0 Å². The fraction of sp³-hybridized carbons (Fsp3) is 0.320. The number of benzene rings is 2. The van der Waals surface area contributed by atoms with Gasteiger partial charge in [-0.3, -0.25) is 0 Å². The molecule has 0 saturated carbocycles. The van der Waals surface area contributed by atoms with Gasteiger partial charge < -0.3 is 34.0 Å². The second-order valence-electron chi connectivity index (χ2n) is 9.78. The minimum absolute atomic E-state index is 0. The van der Waals surface area contributed by atoms with E-state index in [4.69, 9.17) is 9.16 Å². The number of hydrogen-bond acceptors (Lipinski definition) is 2. The van der Waals surface area contributed by atoms with Crippen LogP contribution in [0, 0.1) is 0 Å². The van der Waals surface area contributed by atoms with Gasteiger partial charge in [0.25, 0.3) is 0 Å². The van der Waals surface area contributed by atoms with Gasteiger partial charge in [0.15, 0.2) is 8.32 Å². The van der Waals surface area contributed by atoms with Crippen molar-refractivity contribution in [3.05, 3.63) is 59.9 Å². The van der Waals surface area contributed by atoms with Gasteiger partial charge in [-0.25, -0.2) is 0 Å². The Morgan fingerprint density at radius 3 is 2.44 bits per heavy atom. The van der Waals surface area contributed by atoms with Gasteiger partial charge in [-0.2, -0.15) is 0 Å². The van der Waals surface area contributed by atoms with Crippen LogP contribution in [0.4, 0.5) is 0 Å². The third-order valence-electron chi connectivity index (χ3n) is 6.18. The summed E-state index contributed by atoms with van der Waals surface area (Å²) in [5, 5.41) is 8.99. The molecule has 0 atom stereocenters. The van der Waals surface area contributed by atoms with Crippen molar-refractivity contribution in [1.82, 2.24) is 0 Å². The zero-order valence-electron chi connectivity index (χ0n) is 19.3. The van der Waals surface area contributed by atoms with Gasteiger partial charge in [-0.15, -0.1) is 38.9 Å². The van der Waals surface area contributed by atoms with Gasteiger partial charge in [0, 0.05) is 0 Å². The molecule has 7 heteroatoms. The first-order valence-electron chi connectivity index (χ1n) is 10.6. The summed E-state index contributed by atoms with van der Waals surface area (Å²) in [6.07, 6.45) is 5.44. The standard InChI is InChI=1S/C25H29O2Si2.2ClH.Zr/c1-28(2,3)27-13-12-26-19-11-10-18(14-19)21-16-22-20-9-7-6-8-17(20)15-23(22)25-24(21)29(25,4)5;;;/h6-9,11,14-16H,10,12-13H2,1-5H3;2*1H;/q-1;;;+3/p-2. The summed E-state index contributed by atoms with van der Waals surface area (Å²) in [4.78, 5) is 0. The van der Waals surface area contributed by atoms with Crippen LogP contribution in [-0.2, 0) is 35.4 Å². The Bertz CT molecular complexity index is 1210. The van der Waals surface area contributed by atoms with Crippen LogP contribution in [0.1, 0.15) is 12.0 Å². The van der Waals surface area contributed by atoms with Crippen molar-refractivity contribution in [2.75, 3.05) is 13.2 Å². The molecule has 0 fully saturated rings. The minimum atomic E-state index is -1.47. The predicted molar refractivity (Wildman–Crippen MR) is 130 cm³/mol. The fourth-order valence-electron chi connectivity index (χ4n) is 4.79. The molecule has 0 unspecified atom stereocenters. The molecular formula is C25H29Cl2O2Si2Zr. The SMILES string of the molecule is C[Si](C)(C)OCCOC1=CCC(c2cc3c([cH-]c4ccccc43)c3c2[Si]3(C)C)=C1.[Cl-].[Cl-].[Zr+3].